The maximum atomic E-state index is 13.0. The Morgan fingerprint density at radius 2 is 2.04 bits per heavy atom. The highest BCUT2D eigenvalue weighted by Crippen LogP contribution is 2.50. The monoisotopic (exact) mass is 480 g/mol. The zero-order valence-electron chi connectivity index (χ0n) is 14.7. The smallest absolute Gasteiger partial charge is 0.205 e. The molecule has 0 radical (unpaired) electrons. The molecule has 0 aromatic heterocycles. The van der Waals surface area contributed by atoms with E-state index in [-0.39, 0.29) is 22.7 Å². The molecular weight excluding hydrogens is 464 g/mol. The Morgan fingerprint density at radius 3 is 2.65 bits per heavy atom. The maximum Gasteiger partial charge on any atom is 0.205 e. The molecular formula is C19H18Br2N2O3. The highest BCUT2D eigenvalue weighted by atomic mass is 79.9. The van der Waals surface area contributed by atoms with E-state index < -0.39 is 5.92 Å². The number of hydrogen-bond donors (Lipinski definition) is 1. The number of methoxy groups -OCH3 is 1. The van der Waals surface area contributed by atoms with Crippen molar-refractivity contribution in [3.05, 3.63) is 49.4 Å². The van der Waals surface area contributed by atoms with Crippen molar-refractivity contribution >= 4 is 37.6 Å². The van der Waals surface area contributed by atoms with Crippen molar-refractivity contribution in [2.45, 2.75) is 32.6 Å². The van der Waals surface area contributed by atoms with Crippen molar-refractivity contribution in [2.75, 3.05) is 7.11 Å². The van der Waals surface area contributed by atoms with Crippen molar-refractivity contribution in [3.63, 3.8) is 0 Å². The third-order valence-electron chi connectivity index (χ3n) is 4.63. The van der Waals surface area contributed by atoms with Gasteiger partial charge in [0.1, 0.15) is 23.2 Å². The zero-order valence-corrected chi connectivity index (χ0v) is 17.8. The second-order valence-electron chi connectivity index (χ2n) is 7.21. The molecule has 5 nitrogen and oxygen atoms in total. The molecule has 2 N–H and O–H groups in total. The SMILES string of the molecule is COc1c(Br)cc(Br)cc1C1C(C#N)=C(N)OC2=C1C(=O)CC(C)(C)C2. The maximum absolute atomic E-state index is 13.0. The van der Waals surface area contributed by atoms with Crippen LogP contribution in [0, 0.1) is 16.7 Å². The fraction of sp³-hybridized carbons (Fsp3) is 0.368. The largest absolute Gasteiger partial charge is 0.495 e. The molecule has 1 aromatic carbocycles. The lowest BCUT2D eigenvalue weighted by molar-refractivity contribution is -0.119. The molecule has 0 bridgehead atoms. The van der Waals surface area contributed by atoms with Gasteiger partial charge >= 0.3 is 0 Å². The second-order valence-corrected chi connectivity index (χ2v) is 8.98. The normalized spacial score (nSPS) is 21.8. The molecule has 0 spiro atoms. The van der Waals surface area contributed by atoms with E-state index in [4.69, 9.17) is 15.2 Å². The predicted octanol–water partition coefficient (Wildman–Crippen LogP) is 4.67. The van der Waals surface area contributed by atoms with Gasteiger partial charge in [0.25, 0.3) is 0 Å². The number of hydrogen-bond acceptors (Lipinski definition) is 5. The summed E-state index contributed by atoms with van der Waals surface area (Å²) in [7, 11) is 1.55. The highest BCUT2D eigenvalue weighted by molar-refractivity contribution is 9.11. The third kappa shape index (κ3) is 3.17. The fourth-order valence-corrected chi connectivity index (χ4v) is 5.03. The number of nitriles is 1. The van der Waals surface area contributed by atoms with Crippen LogP contribution in [0.15, 0.2) is 43.9 Å². The summed E-state index contributed by atoms with van der Waals surface area (Å²) in [6, 6.07) is 5.82. The topological polar surface area (TPSA) is 85.3 Å². The number of Topliss-reactive ketones (excluding diaryl/α,β-unsaturated/α-hetero) is 1. The van der Waals surface area contributed by atoms with Crippen LogP contribution in [0.1, 0.15) is 38.2 Å². The molecule has 1 atom stereocenters. The molecule has 1 unspecified atom stereocenters. The Labute approximate surface area is 169 Å². The highest BCUT2D eigenvalue weighted by Gasteiger charge is 2.44. The summed E-state index contributed by atoms with van der Waals surface area (Å²) in [5, 5.41) is 9.71. The summed E-state index contributed by atoms with van der Waals surface area (Å²) < 4.78 is 12.8. The number of rotatable bonds is 2. The lowest BCUT2D eigenvalue weighted by Crippen LogP contribution is -2.33. The van der Waals surface area contributed by atoms with E-state index in [1.54, 1.807) is 7.11 Å². The first-order valence-corrected chi connectivity index (χ1v) is 9.64. The van der Waals surface area contributed by atoms with E-state index >= 15 is 0 Å². The van der Waals surface area contributed by atoms with E-state index in [2.05, 4.69) is 37.9 Å². The minimum absolute atomic E-state index is 0.0281. The van der Waals surface area contributed by atoms with E-state index in [9.17, 15) is 10.1 Å². The standard InChI is InChI=1S/C19H18Br2N2O3/c1-19(2)6-13(24)16-14(7-19)26-18(23)11(8-22)15(16)10-4-9(20)5-12(21)17(10)25-3/h4-5,15H,6-7,23H2,1-3H3. The van der Waals surface area contributed by atoms with E-state index in [0.29, 0.717) is 35.5 Å². The Balaban J connectivity index is 2.29. The van der Waals surface area contributed by atoms with Crippen molar-refractivity contribution in [1.29, 1.82) is 5.26 Å². The van der Waals surface area contributed by atoms with Crippen molar-refractivity contribution in [1.82, 2.24) is 0 Å². The number of carbonyl (C=O) groups is 1. The van der Waals surface area contributed by atoms with Gasteiger partial charge in [0, 0.05) is 28.5 Å². The molecule has 0 fully saturated rings. The van der Waals surface area contributed by atoms with Crippen LogP contribution in [-0.2, 0) is 9.53 Å². The first kappa shape index (κ1) is 19.0. The fourth-order valence-electron chi connectivity index (χ4n) is 3.61. The minimum atomic E-state index is -0.615. The van der Waals surface area contributed by atoms with Crippen LogP contribution in [0.2, 0.25) is 0 Å². The van der Waals surface area contributed by atoms with Crippen molar-refractivity contribution in [2.24, 2.45) is 11.1 Å². The molecule has 0 saturated heterocycles. The molecule has 1 aliphatic heterocycles. The van der Waals surface area contributed by atoms with Gasteiger partial charge in [-0.2, -0.15) is 5.26 Å². The number of halogens is 2. The van der Waals surface area contributed by atoms with Gasteiger partial charge in [-0.15, -0.1) is 0 Å². The predicted molar refractivity (Wildman–Crippen MR) is 104 cm³/mol. The Bertz CT molecular complexity index is 910. The van der Waals surface area contributed by atoms with Crippen LogP contribution in [0.3, 0.4) is 0 Å². The average molecular weight is 482 g/mol. The number of ether oxygens (including phenoxy) is 2. The van der Waals surface area contributed by atoms with Crippen molar-refractivity contribution < 1.29 is 14.3 Å². The van der Waals surface area contributed by atoms with Crippen LogP contribution in [-0.4, -0.2) is 12.9 Å². The van der Waals surface area contributed by atoms with Crippen LogP contribution in [0.25, 0.3) is 0 Å². The van der Waals surface area contributed by atoms with Gasteiger partial charge in [-0.1, -0.05) is 29.8 Å². The lowest BCUT2D eigenvalue weighted by atomic mass is 9.70. The quantitative estimate of drug-likeness (QED) is 0.663. The van der Waals surface area contributed by atoms with Gasteiger partial charge in [-0.25, -0.2) is 0 Å². The number of ketones is 1. The molecule has 1 heterocycles. The molecule has 7 heteroatoms. The first-order valence-electron chi connectivity index (χ1n) is 8.05. The lowest BCUT2D eigenvalue weighted by Gasteiger charge is -2.37. The van der Waals surface area contributed by atoms with Crippen LogP contribution in [0.5, 0.6) is 5.75 Å². The van der Waals surface area contributed by atoms with E-state index in [1.165, 1.54) is 0 Å². The van der Waals surface area contributed by atoms with E-state index in [1.807, 2.05) is 26.0 Å². The Morgan fingerprint density at radius 1 is 1.35 bits per heavy atom. The molecule has 0 amide bonds. The van der Waals surface area contributed by atoms with Gasteiger partial charge in [0.15, 0.2) is 5.78 Å². The Hall–Kier alpha value is -1.78. The number of allylic oxidation sites excluding steroid dienone is 3. The molecule has 0 saturated carbocycles. The van der Waals surface area contributed by atoms with E-state index in [0.717, 1.165) is 8.95 Å². The molecule has 1 aliphatic carbocycles. The minimum Gasteiger partial charge on any atom is -0.495 e. The summed E-state index contributed by atoms with van der Waals surface area (Å²) in [5.74, 6) is 0.506. The summed E-state index contributed by atoms with van der Waals surface area (Å²) in [5.41, 5.74) is 7.25. The van der Waals surface area contributed by atoms with Crippen LogP contribution in [0.4, 0.5) is 0 Å². The molecule has 2 aliphatic rings. The van der Waals surface area contributed by atoms with Gasteiger partial charge < -0.3 is 15.2 Å². The van der Waals surface area contributed by atoms with Gasteiger partial charge in [-0.05, 0) is 33.5 Å². The van der Waals surface area contributed by atoms with Gasteiger partial charge in [-0.3, -0.25) is 4.79 Å². The first-order chi connectivity index (χ1) is 12.2. The van der Waals surface area contributed by atoms with Crippen LogP contribution >= 0.6 is 31.9 Å². The average Bonchev–Trinajstić information content (AvgIpc) is 2.51. The van der Waals surface area contributed by atoms with Crippen LogP contribution < -0.4 is 10.5 Å². The second kappa shape index (κ2) is 6.75. The summed E-state index contributed by atoms with van der Waals surface area (Å²) >= 11 is 6.96. The third-order valence-corrected chi connectivity index (χ3v) is 5.67. The number of carbonyl (C=O) groups excluding carboxylic acids is 1. The van der Waals surface area contributed by atoms with Gasteiger partial charge in [0.05, 0.1) is 17.5 Å². The molecule has 1 aromatic rings. The van der Waals surface area contributed by atoms with Gasteiger partial charge in [0.2, 0.25) is 5.88 Å². The summed E-state index contributed by atoms with van der Waals surface area (Å²) in [6.07, 6.45) is 0.975. The van der Waals surface area contributed by atoms with Crippen molar-refractivity contribution in [3.8, 4) is 11.8 Å². The number of benzene rings is 1. The number of nitrogens with zero attached hydrogens (tertiary/aromatic N) is 1. The zero-order chi connectivity index (χ0) is 19.2. The molecule has 26 heavy (non-hydrogen) atoms. The summed E-state index contributed by atoms with van der Waals surface area (Å²) in [4.78, 5) is 13.0. The molecule has 3 rings (SSSR count). The Kier molecular flexibility index (Phi) is 4.93. The number of nitrogens with two attached hydrogens (primary N) is 1. The summed E-state index contributed by atoms with van der Waals surface area (Å²) in [6.45, 7) is 4.03. The molecule has 136 valence electrons.